The molecule has 5 nitrogen and oxygen atoms in total. The first kappa shape index (κ1) is 14.9. The molecule has 0 fully saturated rings. The topological polar surface area (TPSA) is 74.7 Å². The summed E-state index contributed by atoms with van der Waals surface area (Å²) in [5.74, 6) is -1.04. The Bertz CT molecular complexity index is 508. The molecule has 9 heteroatoms. The molecule has 0 saturated heterocycles. The lowest BCUT2D eigenvalue weighted by Gasteiger charge is -2.14. The van der Waals surface area contributed by atoms with Crippen LogP contribution in [0.4, 0.5) is 0 Å². The highest BCUT2D eigenvalue weighted by molar-refractivity contribution is 9.11. The standard InChI is InChI=1S/C8H9BrClNO4S2/c1-11(3-2-6(12)13)17(14,15)7-4-5(10)8(9)16-7/h4H,2-3H2,1H3,(H,12,13). The second-order valence-electron chi connectivity index (χ2n) is 3.16. The number of aliphatic carboxylic acids is 1. The highest BCUT2D eigenvalue weighted by Crippen LogP contribution is 2.35. The van der Waals surface area contributed by atoms with Gasteiger partial charge in [0.05, 0.1) is 15.2 Å². The van der Waals surface area contributed by atoms with E-state index < -0.39 is 16.0 Å². The number of nitrogens with zero attached hydrogens (tertiary/aromatic N) is 1. The monoisotopic (exact) mass is 361 g/mol. The van der Waals surface area contributed by atoms with Gasteiger partial charge in [0.15, 0.2) is 0 Å². The van der Waals surface area contributed by atoms with Gasteiger partial charge in [-0.2, -0.15) is 4.31 Å². The Hall–Kier alpha value is -0.150. The molecule has 0 aliphatic carbocycles. The number of sulfonamides is 1. The fourth-order valence-corrected chi connectivity index (χ4v) is 4.76. The van der Waals surface area contributed by atoms with Gasteiger partial charge in [-0.15, -0.1) is 11.3 Å². The van der Waals surface area contributed by atoms with Gasteiger partial charge in [0, 0.05) is 13.6 Å². The highest BCUT2D eigenvalue weighted by Gasteiger charge is 2.24. The van der Waals surface area contributed by atoms with E-state index in [1.165, 1.54) is 13.1 Å². The van der Waals surface area contributed by atoms with Crippen LogP contribution in [0.2, 0.25) is 5.02 Å². The summed E-state index contributed by atoms with van der Waals surface area (Å²) in [7, 11) is -2.33. The van der Waals surface area contributed by atoms with Crippen molar-refractivity contribution in [2.75, 3.05) is 13.6 Å². The van der Waals surface area contributed by atoms with E-state index in [0.29, 0.717) is 8.81 Å². The Kier molecular flexibility index (Phi) is 4.96. The Morgan fingerprint density at radius 3 is 2.65 bits per heavy atom. The maximum absolute atomic E-state index is 12.0. The zero-order chi connectivity index (χ0) is 13.2. The maximum atomic E-state index is 12.0. The molecule has 0 saturated carbocycles. The number of hydrogen-bond donors (Lipinski definition) is 1. The molecule has 0 unspecified atom stereocenters. The number of hydrogen-bond acceptors (Lipinski definition) is 4. The van der Waals surface area contributed by atoms with Crippen molar-refractivity contribution in [1.29, 1.82) is 0 Å². The lowest BCUT2D eigenvalue weighted by atomic mass is 10.4. The Balaban J connectivity index is 2.91. The fourth-order valence-electron chi connectivity index (χ4n) is 0.981. The number of thiophene rings is 1. The summed E-state index contributed by atoms with van der Waals surface area (Å²) in [6, 6.07) is 1.34. The zero-order valence-electron chi connectivity index (χ0n) is 8.68. The van der Waals surface area contributed by atoms with Crippen LogP contribution in [0.25, 0.3) is 0 Å². The molecule has 96 valence electrons. The van der Waals surface area contributed by atoms with Crippen LogP contribution < -0.4 is 0 Å². The van der Waals surface area contributed by atoms with Crippen LogP contribution in [0.15, 0.2) is 14.1 Å². The molecule has 1 N–H and O–H groups in total. The van der Waals surface area contributed by atoms with Gasteiger partial charge in [-0.1, -0.05) is 11.6 Å². The molecule has 0 aliphatic rings. The van der Waals surface area contributed by atoms with Crippen molar-refractivity contribution in [2.45, 2.75) is 10.6 Å². The molecule has 0 atom stereocenters. The molecule has 0 radical (unpaired) electrons. The van der Waals surface area contributed by atoms with E-state index in [4.69, 9.17) is 16.7 Å². The molecule has 1 heterocycles. The van der Waals surface area contributed by atoms with E-state index in [0.717, 1.165) is 15.6 Å². The average molecular weight is 363 g/mol. The van der Waals surface area contributed by atoms with E-state index in [-0.39, 0.29) is 17.2 Å². The zero-order valence-corrected chi connectivity index (χ0v) is 12.7. The minimum atomic E-state index is -3.66. The molecule has 0 aliphatic heterocycles. The van der Waals surface area contributed by atoms with Gasteiger partial charge in [-0.3, -0.25) is 4.79 Å². The van der Waals surface area contributed by atoms with Crippen molar-refractivity contribution in [1.82, 2.24) is 4.31 Å². The van der Waals surface area contributed by atoms with Crippen molar-refractivity contribution >= 4 is 54.9 Å². The summed E-state index contributed by atoms with van der Waals surface area (Å²) in [5.41, 5.74) is 0. The van der Waals surface area contributed by atoms with Crippen LogP contribution in [-0.2, 0) is 14.8 Å². The molecule has 17 heavy (non-hydrogen) atoms. The number of carbonyl (C=O) groups is 1. The van der Waals surface area contributed by atoms with Gasteiger partial charge in [0.1, 0.15) is 4.21 Å². The second-order valence-corrected chi connectivity index (χ2v) is 8.21. The summed E-state index contributed by atoms with van der Waals surface area (Å²) in [6.45, 7) is -0.0786. The fraction of sp³-hybridized carbons (Fsp3) is 0.375. The van der Waals surface area contributed by atoms with E-state index in [1.54, 1.807) is 0 Å². The minimum Gasteiger partial charge on any atom is -0.481 e. The van der Waals surface area contributed by atoms with Gasteiger partial charge < -0.3 is 5.11 Å². The van der Waals surface area contributed by atoms with Crippen LogP contribution >= 0.6 is 38.9 Å². The molecule has 0 bridgehead atoms. The minimum absolute atomic E-state index is 0.0786. The van der Waals surface area contributed by atoms with Crippen molar-refractivity contribution in [3.8, 4) is 0 Å². The average Bonchev–Trinajstić information content (AvgIpc) is 2.56. The molecule has 0 spiro atoms. The van der Waals surface area contributed by atoms with Gasteiger partial charge in [-0.25, -0.2) is 8.42 Å². The molecule has 1 aromatic heterocycles. The van der Waals surface area contributed by atoms with E-state index in [1.807, 2.05) is 0 Å². The first-order valence-corrected chi connectivity index (χ1v) is 7.81. The first-order chi connectivity index (χ1) is 7.75. The number of carboxylic acid groups (broad SMARTS) is 1. The number of halogens is 2. The molecular weight excluding hydrogens is 354 g/mol. The van der Waals surface area contributed by atoms with Crippen molar-refractivity contribution in [2.24, 2.45) is 0 Å². The van der Waals surface area contributed by atoms with Gasteiger partial charge in [0.2, 0.25) is 0 Å². The molecule has 1 aromatic rings. The highest BCUT2D eigenvalue weighted by atomic mass is 79.9. The summed E-state index contributed by atoms with van der Waals surface area (Å²) in [5, 5.41) is 8.82. The third-order valence-corrected chi connectivity index (χ3v) is 6.71. The van der Waals surface area contributed by atoms with Crippen molar-refractivity contribution < 1.29 is 18.3 Å². The number of rotatable bonds is 5. The van der Waals surface area contributed by atoms with Crippen LogP contribution in [-0.4, -0.2) is 37.4 Å². The predicted molar refractivity (Wildman–Crippen MR) is 69.1 cm³/mol. The summed E-state index contributed by atoms with van der Waals surface area (Å²) >= 11 is 9.87. The SMILES string of the molecule is CN(CCC(=O)O)S(=O)(=O)c1cc(Cl)c(Br)s1. The van der Waals surface area contributed by atoms with Crippen LogP contribution in [0.3, 0.4) is 0 Å². The molecule has 0 aromatic carbocycles. The Labute approximate surface area is 116 Å². The van der Waals surface area contributed by atoms with E-state index in [2.05, 4.69) is 15.9 Å². The van der Waals surface area contributed by atoms with Crippen molar-refractivity contribution in [3.05, 3.63) is 14.9 Å². The van der Waals surface area contributed by atoms with E-state index >= 15 is 0 Å². The predicted octanol–water partition coefficient (Wildman–Crippen LogP) is 2.26. The third-order valence-electron chi connectivity index (χ3n) is 1.93. The molecule has 0 amide bonds. The Morgan fingerprint density at radius 2 is 2.24 bits per heavy atom. The third kappa shape index (κ3) is 3.65. The second kappa shape index (κ2) is 5.66. The maximum Gasteiger partial charge on any atom is 0.304 e. The quantitative estimate of drug-likeness (QED) is 0.872. The summed E-state index contributed by atoms with van der Waals surface area (Å²) in [6.07, 6.45) is -0.240. The first-order valence-electron chi connectivity index (χ1n) is 4.38. The van der Waals surface area contributed by atoms with Crippen molar-refractivity contribution in [3.63, 3.8) is 0 Å². The normalized spacial score (nSPS) is 12.0. The van der Waals surface area contributed by atoms with Gasteiger partial charge >= 0.3 is 5.97 Å². The largest absolute Gasteiger partial charge is 0.481 e. The Morgan fingerprint density at radius 1 is 1.65 bits per heavy atom. The van der Waals surface area contributed by atoms with Crippen LogP contribution in [0.5, 0.6) is 0 Å². The summed E-state index contributed by atoms with van der Waals surface area (Å²) in [4.78, 5) is 10.4. The van der Waals surface area contributed by atoms with E-state index in [9.17, 15) is 13.2 Å². The smallest absolute Gasteiger partial charge is 0.304 e. The van der Waals surface area contributed by atoms with Crippen LogP contribution in [0.1, 0.15) is 6.42 Å². The van der Waals surface area contributed by atoms with Gasteiger partial charge in [-0.05, 0) is 22.0 Å². The lowest BCUT2D eigenvalue weighted by molar-refractivity contribution is -0.137. The molecule has 1 rings (SSSR count). The lowest BCUT2D eigenvalue weighted by Crippen LogP contribution is -2.28. The van der Waals surface area contributed by atoms with Gasteiger partial charge in [0.25, 0.3) is 10.0 Å². The van der Waals surface area contributed by atoms with Crippen LogP contribution in [0, 0.1) is 0 Å². The number of carboxylic acids is 1. The summed E-state index contributed by atoms with van der Waals surface area (Å²) < 4.78 is 25.6. The molecular formula is C8H9BrClNO4S2.